The number of hydrogen-bond acceptors (Lipinski definition) is 4. The number of aliphatic carboxylic acids is 1. The summed E-state index contributed by atoms with van der Waals surface area (Å²) in [5, 5.41) is 38.3. The molecule has 0 fully saturated rings. The van der Waals surface area contributed by atoms with E-state index in [4.69, 9.17) is 5.11 Å². The van der Waals surface area contributed by atoms with Crippen LogP contribution in [0.4, 0.5) is 0 Å². The zero-order chi connectivity index (χ0) is 19.4. The second-order valence-electron chi connectivity index (χ2n) is 7.17. The van der Waals surface area contributed by atoms with Gasteiger partial charge in [-0.05, 0) is 31.3 Å². The van der Waals surface area contributed by atoms with E-state index in [1.54, 1.807) is 6.08 Å². The summed E-state index contributed by atoms with van der Waals surface area (Å²) in [4.78, 5) is 10.5. The lowest BCUT2D eigenvalue weighted by Crippen LogP contribution is -2.15. The molecule has 146 valence electrons. The van der Waals surface area contributed by atoms with Gasteiger partial charge < -0.3 is 15.3 Å². The van der Waals surface area contributed by atoms with Crippen molar-refractivity contribution in [2.24, 2.45) is 5.92 Å². The molecular formula is C21H33NO4. The Morgan fingerprint density at radius 2 is 2.00 bits per heavy atom. The SMILES string of the molecule is CCCCC[C@H](O)/C=C/[C@@H]1C(CCCCCCC(=O)O)=C(C#N)C[C@H]1O. The quantitative estimate of drug-likeness (QED) is 0.338. The molecule has 1 aliphatic carbocycles. The first-order chi connectivity index (χ1) is 12.5. The topological polar surface area (TPSA) is 102 Å². The molecule has 0 spiro atoms. The summed E-state index contributed by atoms with van der Waals surface area (Å²) in [5.74, 6) is -0.953. The third-order valence-electron chi connectivity index (χ3n) is 4.98. The normalized spacial score (nSPS) is 21.3. The second kappa shape index (κ2) is 12.7. The monoisotopic (exact) mass is 363 g/mol. The Morgan fingerprint density at radius 3 is 2.65 bits per heavy atom. The fourth-order valence-electron chi connectivity index (χ4n) is 3.47. The van der Waals surface area contributed by atoms with Crippen LogP contribution in [0, 0.1) is 17.2 Å². The summed E-state index contributed by atoms with van der Waals surface area (Å²) in [6, 6.07) is 2.22. The number of aliphatic hydroxyl groups is 2. The van der Waals surface area contributed by atoms with E-state index in [-0.39, 0.29) is 12.3 Å². The van der Waals surface area contributed by atoms with E-state index in [0.29, 0.717) is 18.4 Å². The third-order valence-corrected chi connectivity index (χ3v) is 4.98. The van der Waals surface area contributed by atoms with Crippen LogP contribution in [-0.2, 0) is 4.79 Å². The van der Waals surface area contributed by atoms with E-state index in [9.17, 15) is 20.3 Å². The zero-order valence-electron chi connectivity index (χ0n) is 15.9. The van der Waals surface area contributed by atoms with Gasteiger partial charge >= 0.3 is 5.97 Å². The fraction of sp³-hybridized carbons (Fsp3) is 0.714. The molecule has 0 aromatic carbocycles. The molecule has 0 amide bonds. The Kier molecular flexibility index (Phi) is 10.9. The number of nitrogens with zero attached hydrogens (tertiary/aromatic N) is 1. The Balaban J connectivity index is 2.53. The van der Waals surface area contributed by atoms with Gasteiger partial charge in [0.1, 0.15) is 0 Å². The van der Waals surface area contributed by atoms with E-state index in [1.165, 1.54) is 0 Å². The second-order valence-corrected chi connectivity index (χ2v) is 7.17. The summed E-state index contributed by atoms with van der Waals surface area (Å²) in [5.41, 5.74) is 1.65. The Labute approximate surface area is 157 Å². The minimum atomic E-state index is -0.763. The molecule has 0 aromatic rings. The largest absolute Gasteiger partial charge is 0.481 e. The van der Waals surface area contributed by atoms with Gasteiger partial charge in [-0.25, -0.2) is 0 Å². The van der Waals surface area contributed by atoms with Crippen molar-refractivity contribution < 1.29 is 20.1 Å². The molecule has 26 heavy (non-hydrogen) atoms. The van der Waals surface area contributed by atoms with Gasteiger partial charge in [-0.1, -0.05) is 51.2 Å². The Morgan fingerprint density at radius 1 is 1.27 bits per heavy atom. The molecule has 1 rings (SSSR count). The molecule has 3 N–H and O–H groups in total. The van der Waals surface area contributed by atoms with Gasteiger partial charge in [-0.15, -0.1) is 0 Å². The van der Waals surface area contributed by atoms with Crippen LogP contribution >= 0.6 is 0 Å². The van der Waals surface area contributed by atoms with E-state index in [0.717, 1.165) is 56.9 Å². The van der Waals surface area contributed by atoms with Crippen LogP contribution in [0.5, 0.6) is 0 Å². The maximum absolute atomic E-state index is 10.5. The van der Waals surface area contributed by atoms with Crippen molar-refractivity contribution in [2.75, 3.05) is 0 Å². The number of nitriles is 1. The van der Waals surface area contributed by atoms with Crippen molar-refractivity contribution in [3.63, 3.8) is 0 Å². The predicted molar refractivity (Wildman–Crippen MR) is 101 cm³/mol. The summed E-state index contributed by atoms with van der Waals surface area (Å²) < 4.78 is 0. The lowest BCUT2D eigenvalue weighted by atomic mass is 9.92. The van der Waals surface area contributed by atoms with Gasteiger partial charge in [0.05, 0.1) is 18.3 Å². The number of unbranched alkanes of at least 4 members (excludes halogenated alkanes) is 5. The molecule has 0 unspecified atom stereocenters. The van der Waals surface area contributed by atoms with Crippen LogP contribution in [-0.4, -0.2) is 33.5 Å². The van der Waals surface area contributed by atoms with Gasteiger partial charge in [-0.3, -0.25) is 4.79 Å². The number of carboxylic acid groups (broad SMARTS) is 1. The number of hydrogen-bond donors (Lipinski definition) is 3. The van der Waals surface area contributed by atoms with Crippen LogP contribution < -0.4 is 0 Å². The number of carbonyl (C=O) groups is 1. The lowest BCUT2D eigenvalue weighted by molar-refractivity contribution is -0.137. The van der Waals surface area contributed by atoms with Crippen LogP contribution in [0.2, 0.25) is 0 Å². The average molecular weight is 363 g/mol. The Bertz CT molecular complexity index is 533. The molecule has 5 nitrogen and oxygen atoms in total. The fourth-order valence-corrected chi connectivity index (χ4v) is 3.47. The van der Waals surface area contributed by atoms with Crippen molar-refractivity contribution in [3.8, 4) is 6.07 Å². The first-order valence-corrected chi connectivity index (χ1v) is 9.87. The zero-order valence-corrected chi connectivity index (χ0v) is 15.9. The molecule has 0 saturated carbocycles. The van der Waals surface area contributed by atoms with Gasteiger partial charge in [-0.2, -0.15) is 5.26 Å². The summed E-state index contributed by atoms with van der Waals surface area (Å²) in [6.07, 6.45) is 11.1. The number of carboxylic acids is 1. The van der Waals surface area contributed by atoms with E-state index in [1.807, 2.05) is 6.08 Å². The van der Waals surface area contributed by atoms with E-state index >= 15 is 0 Å². The lowest BCUT2D eigenvalue weighted by Gasteiger charge is -2.16. The van der Waals surface area contributed by atoms with Crippen molar-refractivity contribution in [1.82, 2.24) is 0 Å². The molecule has 1 aliphatic rings. The van der Waals surface area contributed by atoms with Gasteiger partial charge in [0.2, 0.25) is 0 Å². The molecule has 0 bridgehead atoms. The predicted octanol–water partition coefficient (Wildman–Crippen LogP) is 4.11. The molecule has 0 aliphatic heterocycles. The number of rotatable bonds is 13. The van der Waals surface area contributed by atoms with Crippen molar-refractivity contribution >= 4 is 5.97 Å². The molecule has 0 aromatic heterocycles. The summed E-state index contributed by atoms with van der Waals surface area (Å²) in [7, 11) is 0. The highest BCUT2D eigenvalue weighted by Gasteiger charge is 2.31. The molecular weight excluding hydrogens is 330 g/mol. The minimum Gasteiger partial charge on any atom is -0.481 e. The standard InChI is InChI=1S/C21H33NO4/c1-2-3-6-9-17(23)12-13-19-18(16(15-22)14-20(19)24)10-7-4-5-8-11-21(25)26/h12-13,17,19-20,23-24H,2-11,14H2,1H3,(H,25,26)/b13-12+/t17-,19+,20+/m0/s1. The van der Waals surface area contributed by atoms with Crippen LogP contribution in [0.3, 0.4) is 0 Å². The third kappa shape index (κ3) is 8.16. The van der Waals surface area contributed by atoms with Gasteiger partial charge in [0, 0.05) is 24.3 Å². The molecule has 0 radical (unpaired) electrons. The highest BCUT2D eigenvalue weighted by molar-refractivity contribution is 5.66. The average Bonchev–Trinajstić information content (AvgIpc) is 2.91. The summed E-state index contributed by atoms with van der Waals surface area (Å²) >= 11 is 0. The van der Waals surface area contributed by atoms with Crippen molar-refractivity contribution in [3.05, 3.63) is 23.3 Å². The highest BCUT2D eigenvalue weighted by atomic mass is 16.4. The minimum absolute atomic E-state index is 0.190. The van der Waals surface area contributed by atoms with E-state index < -0.39 is 18.2 Å². The maximum Gasteiger partial charge on any atom is 0.303 e. The first-order valence-electron chi connectivity index (χ1n) is 9.87. The van der Waals surface area contributed by atoms with Crippen molar-refractivity contribution in [1.29, 1.82) is 5.26 Å². The van der Waals surface area contributed by atoms with Crippen LogP contribution in [0.1, 0.15) is 77.6 Å². The van der Waals surface area contributed by atoms with E-state index in [2.05, 4.69) is 13.0 Å². The molecule has 3 atom stereocenters. The highest BCUT2D eigenvalue weighted by Crippen LogP contribution is 2.36. The van der Waals surface area contributed by atoms with Crippen LogP contribution in [0.25, 0.3) is 0 Å². The molecule has 0 heterocycles. The maximum atomic E-state index is 10.5. The van der Waals surface area contributed by atoms with Crippen molar-refractivity contribution in [2.45, 2.75) is 89.8 Å². The van der Waals surface area contributed by atoms with Crippen LogP contribution in [0.15, 0.2) is 23.3 Å². The number of aliphatic hydroxyl groups excluding tert-OH is 2. The van der Waals surface area contributed by atoms with Gasteiger partial charge in [0.25, 0.3) is 0 Å². The first kappa shape index (κ1) is 22.4. The smallest absolute Gasteiger partial charge is 0.303 e. The van der Waals surface area contributed by atoms with Gasteiger partial charge in [0.15, 0.2) is 0 Å². The Hall–Kier alpha value is -1.64. The summed E-state index contributed by atoms with van der Waals surface area (Å²) in [6.45, 7) is 2.12. The molecule has 5 heteroatoms. The molecule has 0 saturated heterocycles.